The molecule has 0 radical (unpaired) electrons. The number of rotatable bonds is 1. The fourth-order valence-electron chi connectivity index (χ4n) is 2.52. The highest BCUT2D eigenvalue weighted by atomic mass is 16.5. The van der Waals surface area contributed by atoms with E-state index in [0.717, 1.165) is 49.5 Å². The maximum Gasteiger partial charge on any atom is 0.255 e. The van der Waals surface area contributed by atoms with Gasteiger partial charge in [0.05, 0.1) is 17.9 Å². The predicted octanol–water partition coefficient (Wildman–Crippen LogP) is 0.310. The zero-order valence-corrected chi connectivity index (χ0v) is 9.79. The van der Waals surface area contributed by atoms with Crippen LogP contribution in [0.3, 0.4) is 0 Å². The first-order chi connectivity index (χ1) is 8.34. The SMILES string of the molecule is O=c1[nH]c(C2CCCOC2)nc2c1CNCC2. The van der Waals surface area contributed by atoms with E-state index in [1.807, 2.05) is 0 Å². The van der Waals surface area contributed by atoms with E-state index in [1.54, 1.807) is 0 Å². The van der Waals surface area contributed by atoms with Gasteiger partial charge in [-0.1, -0.05) is 0 Å². The summed E-state index contributed by atoms with van der Waals surface area (Å²) in [4.78, 5) is 19.5. The molecule has 1 aromatic rings. The smallest absolute Gasteiger partial charge is 0.255 e. The van der Waals surface area contributed by atoms with E-state index in [-0.39, 0.29) is 11.5 Å². The van der Waals surface area contributed by atoms with E-state index < -0.39 is 0 Å². The zero-order valence-electron chi connectivity index (χ0n) is 9.79. The van der Waals surface area contributed by atoms with Crippen LogP contribution in [0.5, 0.6) is 0 Å². The molecule has 1 aromatic heterocycles. The van der Waals surface area contributed by atoms with E-state index in [9.17, 15) is 4.79 Å². The molecule has 2 aliphatic heterocycles. The molecule has 2 N–H and O–H groups in total. The minimum atomic E-state index is 0.0165. The van der Waals surface area contributed by atoms with Gasteiger partial charge in [0.1, 0.15) is 5.82 Å². The van der Waals surface area contributed by atoms with Crippen LogP contribution >= 0.6 is 0 Å². The minimum Gasteiger partial charge on any atom is -0.381 e. The molecule has 3 rings (SSSR count). The van der Waals surface area contributed by atoms with Gasteiger partial charge in [-0.05, 0) is 12.8 Å². The highest BCUT2D eigenvalue weighted by Gasteiger charge is 2.21. The summed E-state index contributed by atoms with van der Waals surface area (Å²) in [5, 5.41) is 3.20. The van der Waals surface area contributed by atoms with E-state index in [2.05, 4.69) is 15.3 Å². The molecule has 2 aliphatic rings. The van der Waals surface area contributed by atoms with Crippen LogP contribution in [0.2, 0.25) is 0 Å². The van der Waals surface area contributed by atoms with Crippen LogP contribution < -0.4 is 10.9 Å². The molecule has 0 spiro atoms. The number of hydrogen-bond donors (Lipinski definition) is 2. The fourth-order valence-corrected chi connectivity index (χ4v) is 2.52. The molecule has 1 fully saturated rings. The number of H-pyrrole nitrogens is 1. The molecule has 17 heavy (non-hydrogen) atoms. The number of nitrogens with zero attached hydrogens (tertiary/aromatic N) is 1. The summed E-state index contributed by atoms with van der Waals surface area (Å²) in [6.45, 7) is 3.05. The Hall–Kier alpha value is -1.20. The van der Waals surface area contributed by atoms with E-state index in [4.69, 9.17) is 4.74 Å². The van der Waals surface area contributed by atoms with Gasteiger partial charge in [-0.25, -0.2) is 4.98 Å². The second-order valence-corrected chi connectivity index (χ2v) is 4.72. The lowest BCUT2D eigenvalue weighted by molar-refractivity contribution is 0.0779. The van der Waals surface area contributed by atoms with Crippen LogP contribution in [0.1, 0.15) is 35.8 Å². The van der Waals surface area contributed by atoms with Crippen LogP contribution in [0.15, 0.2) is 4.79 Å². The average molecular weight is 235 g/mol. The molecule has 3 heterocycles. The van der Waals surface area contributed by atoms with Crippen molar-refractivity contribution < 1.29 is 4.74 Å². The summed E-state index contributed by atoms with van der Waals surface area (Å²) in [5.74, 6) is 1.08. The van der Waals surface area contributed by atoms with Crippen molar-refractivity contribution in [2.75, 3.05) is 19.8 Å². The van der Waals surface area contributed by atoms with Crippen molar-refractivity contribution in [1.82, 2.24) is 15.3 Å². The Morgan fingerprint density at radius 3 is 3.18 bits per heavy atom. The first-order valence-electron chi connectivity index (χ1n) is 6.25. The number of fused-ring (bicyclic) bond motifs is 1. The molecule has 1 atom stereocenters. The third-order valence-electron chi connectivity index (χ3n) is 3.51. The fraction of sp³-hybridized carbons (Fsp3) is 0.667. The summed E-state index contributed by atoms with van der Waals surface area (Å²) in [7, 11) is 0. The second-order valence-electron chi connectivity index (χ2n) is 4.72. The van der Waals surface area contributed by atoms with Gasteiger partial charge in [0, 0.05) is 32.0 Å². The molecule has 0 saturated carbocycles. The highest BCUT2D eigenvalue weighted by Crippen LogP contribution is 2.22. The minimum absolute atomic E-state index is 0.0165. The summed E-state index contributed by atoms with van der Waals surface area (Å²) < 4.78 is 5.45. The maximum atomic E-state index is 12.0. The maximum absolute atomic E-state index is 12.0. The third-order valence-corrected chi connectivity index (χ3v) is 3.51. The van der Waals surface area contributed by atoms with Crippen LogP contribution in [-0.2, 0) is 17.7 Å². The highest BCUT2D eigenvalue weighted by molar-refractivity contribution is 5.21. The standard InChI is InChI=1S/C12H17N3O2/c16-12-9-6-13-4-3-10(9)14-11(15-12)8-2-1-5-17-7-8/h8,13H,1-7H2,(H,14,15,16). The van der Waals surface area contributed by atoms with Crippen molar-refractivity contribution in [3.63, 3.8) is 0 Å². The normalized spacial score (nSPS) is 24.4. The second kappa shape index (κ2) is 4.58. The van der Waals surface area contributed by atoms with Crippen LogP contribution in [0, 0.1) is 0 Å². The lowest BCUT2D eigenvalue weighted by atomic mass is 10.0. The Bertz CT molecular complexity index is 463. The Morgan fingerprint density at radius 1 is 1.41 bits per heavy atom. The molecule has 0 aliphatic carbocycles. The van der Waals surface area contributed by atoms with Crippen LogP contribution in [0.4, 0.5) is 0 Å². The van der Waals surface area contributed by atoms with Gasteiger partial charge in [-0.3, -0.25) is 4.79 Å². The van der Waals surface area contributed by atoms with Crippen molar-refractivity contribution in [1.29, 1.82) is 0 Å². The number of aromatic amines is 1. The lowest BCUT2D eigenvalue weighted by Gasteiger charge is -2.23. The van der Waals surface area contributed by atoms with Crippen molar-refractivity contribution in [2.45, 2.75) is 31.7 Å². The summed E-state index contributed by atoms with van der Waals surface area (Å²) in [6, 6.07) is 0. The first-order valence-corrected chi connectivity index (χ1v) is 6.25. The lowest BCUT2D eigenvalue weighted by Crippen LogP contribution is -2.33. The number of aromatic nitrogens is 2. The Morgan fingerprint density at radius 2 is 2.35 bits per heavy atom. The van der Waals surface area contributed by atoms with Gasteiger partial charge >= 0.3 is 0 Å². The molecule has 1 unspecified atom stereocenters. The molecule has 0 bridgehead atoms. The van der Waals surface area contributed by atoms with Gasteiger partial charge < -0.3 is 15.0 Å². The molecular formula is C12H17N3O2. The first kappa shape index (κ1) is 10.9. The predicted molar refractivity (Wildman–Crippen MR) is 63.1 cm³/mol. The van der Waals surface area contributed by atoms with Crippen molar-refractivity contribution in [3.05, 3.63) is 27.4 Å². The molecule has 1 saturated heterocycles. The zero-order chi connectivity index (χ0) is 11.7. The number of hydrogen-bond acceptors (Lipinski definition) is 4. The van der Waals surface area contributed by atoms with Gasteiger partial charge in [0.2, 0.25) is 0 Å². The molecule has 5 nitrogen and oxygen atoms in total. The van der Waals surface area contributed by atoms with Gasteiger partial charge in [0.25, 0.3) is 5.56 Å². The number of ether oxygens (including phenoxy) is 1. The van der Waals surface area contributed by atoms with Crippen molar-refractivity contribution in [2.24, 2.45) is 0 Å². The summed E-state index contributed by atoms with van der Waals surface area (Å²) in [5.41, 5.74) is 1.78. The summed E-state index contributed by atoms with van der Waals surface area (Å²) in [6.07, 6.45) is 2.95. The third kappa shape index (κ3) is 2.12. The number of nitrogens with one attached hydrogen (secondary N) is 2. The van der Waals surface area contributed by atoms with Crippen molar-refractivity contribution in [3.8, 4) is 0 Å². The van der Waals surface area contributed by atoms with Gasteiger partial charge in [-0.2, -0.15) is 0 Å². The molecule has 5 heteroatoms. The Labute approximate surface area is 99.6 Å². The molecular weight excluding hydrogens is 218 g/mol. The molecule has 92 valence electrons. The quantitative estimate of drug-likeness (QED) is 0.735. The van der Waals surface area contributed by atoms with E-state index in [1.165, 1.54) is 0 Å². The Kier molecular flexibility index (Phi) is 2.94. The largest absolute Gasteiger partial charge is 0.381 e. The monoisotopic (exact) mass is 235 g/mol. The van der Waals surface area contributed by atoms with Crippen LogP contribution in [-0.4, -0.2) is 29.7 Å². The van der Waals surface area contributed by atoms with E-state index in [0.29, 0.717) is 13.2 Å². The van der Waals surface area contributed by atoms with Crippen LogP contribution in [0.25, 0.3) is 0 Å². The Balaban J connectivity index is 1.95. The van der Waals surface area contributed by atoms with E-state index >= 15 is 0 Å². The van der Waals surface area contributed by atoms with Gasteiger partial charge in [0.15, 0.2) is 0 Å². The molecule has 0 aromatic carbocycles. The van der Waals surface area contributed by atoms with Gasteiger partial charge in [-0.15, -0.1) is 0 Å². The summed E-state index contributed by atoms with van der Waals surface area (Å²) >= 11 is 0. The van der Waals surface area contributed by atoms with Crippen molar-refractivity contribution >= 4 is 0 Å². The molecule has 0 amide bonds. The average Bonchev–Trinajstić information content (AvgIpc) is 2.40. The topological polar surface area (TPSA) is 67.0 Å².